The molecule has 0 aliphatic carbocycles. The van der Waals surface area contributed by atoms with Crippen molar-refractivity contribution in [3.8, 4) is 5.69 Å². The molecule has 1 atom stereocenters. The molecule has 1 heterocycles. The first-order valence-corrected chi connectivity index (χ1v) is 11.2. The number of aromatic nitrogens is 3. The molecule has 35 heavy (non-hydrogen) atoms. The summed E-state index contributed by atoms with van der Waals surface area (Å²) in [6, 6.07) is 11.0. The molecule has 7 nitrogen and oxygen atoms in total. The highest BCUT2D eigenvalue weighted by Gasteiger charge is 2.30. The lowest BCUT2D eigenvalue weighted by Crippen LogP contribution is -2.47. The first-order valence-electron chi connectivity index (χ1n) is 11.2. The summed E-state index contributed by atoms with van der Waals surface area (Å²) in [5.41, 5.74) is -1.88. The lowest BCUT2D eigenvalue weighted by Gasteiger charge is -2.15. The molecule has 1 N–H and O–H groups in total. The molecule has 3 aromatic rings. The number of carbonyl (C=O) groups is 1. The summed E-state index contributed by atoms with van der Waals surface area (Å²) < 4.78 is 41.2. The molecule has 1 amide bonds. The first kappa shape index (κ1) is 25.9. The van der Waals surface area contributed by atoms with Gasteiger partial charge >= 0.3 is 11.9 Å². The average molecular weight is 489 g/mol. The van der Waals surface area contributed by atoms with Crippen molar-refractivity contribution < 1.29 is 18.0 Å². The Bertz CT molecular complexity index is 1330. The van der Waals surface area contributed by atoms with E-state index in [1.54, 1.807) is 31.2 Å². The SMILES string of the molecule is CC[C@H](C)NC(=O)c1nn(-c2ccc(C(C)C)cc2)c(=O)n(Cc2cccc(C(F)(F)F)c2)c1=O. The Labute approximate surface area is 200 Å². The Hall–Kier alpha value is -3.69. The van der Waals surface area contributed by atoms with E-state index in [0.29, 0.717) is 12.1 Å². The van der Waals surface area contributed by atoms with Crippen molar-refractivity contribution >= 4 is 5.91 Å². The highest BCUT2D eigenvalue weighted by Crippen LogP contribution is 2.29. The Morgan fingerprint density at radius 2 is 1.71 bits per heavy atom. The second kappa shape index (κ2) is 10.3. The molecule has 186 valence electrons. The number of rotatable bonds is 7. The number of hydrogen-bond acceptors (Lipinski definition) is 4. The quantitative estimate of drug-likeness (QED) is 0.542. The minimum atomic E-state index is -4.58. The lowest BCUT2D eigenvalue weighted by atomic mass is 10.0. The molecule has 0 saturated heterocycles. The van der Waals surface area contributed by atoms with Crippen LogP contribution in [0.3, 0.4) is 0 Å². The first-order chi connectivity index (χ1) is 16.4. The summed E-state index contributed by atoms with van der Waals surface area (Å²) in [7, 11) is 0. The number of nitrogens with zero attached hydrogens (tertiary/aromatic N) is 3. The Morgan fingerprint density at radius 3 is 2.29 bits per heavy atom. The number of benzene rings is 2. The molecule has 0 aliphatic heterocycles. The standard InChI is InChI=1S/C25H27F3N4O3/c1-5-16(4)29-22(33)21-23(34)31(14-17-7-6-8-19(13-17)25(26,27)28)24(35)32(30-21)20-11-9-18(10-12-20)15(2)3/h6-13,15-16H,5,14H2,1-4H3,(H,29,33)/t16-/m0/s1. The van der Waals surface area contributed by atoms with Crippen molar-refractivity contribution in [3.63, 3.8) is 0 Å². The Morgan fingerprint density at radius 1 is 1.06 bits per heavy atom. The maximum Gasteiger partial charge on any atom is 0.416 e. The van der Waals surface area contributed by atoms with Crippen LogP contribution in [0.4, 0.5) is 13.2 Å². The third kappa shape index (κ3) is 5.87. The van der Waals surface area contributed by atoms with Gasteiger partial charge in [-0.3, -0.25) is 14.2 Å². The normalized spacial score (nSPS) is 12.6. The number of carbonyl (C=O) groups excluding carboxylic acids is 1. The zero-order valence-electron chi connectivity index (χ0n) is 19.9. The monoisotopic (exact) mass is 488 g/mol. The van der Waals surface area contributed by atoms with E-state index in [-0.39, 0.29) is 17.5 Å². The van der Waals surface area contributed by atoms with E-state index in [1.165, 1.54) is 12.1 Å². The molecule has 0 saturated carbocycles. The summed E-state index contributed by atoms with van der Waals surface area (Å²) in [6.45, 7) is 7.15. The van der Waals surface area contributed by atoms with Crippen LogP contribution in [0.25, 0.3) is 5.69 Å². The van der Waals surface area contributed by atoms with Gasteiger partial charge in [-0.25, -0.2) is 4.79 Å². The molecule has 10 heteroatoms. The fraction of sp³-hybridized carbons (Fsp3) is 0.360. The number of hydrogen-bond donors (Lipinski definition) is 1. The van der Waals surface area contributed by atoms with Gasteiger partial charge in [0.15, 0.2) is 0 Å². The van der Waals surface area contributed by atoms with Crippen molar-refractivity contribution in [3.05, 3.63) is 91.8 Å². The number of halogens is 3. The van der Waals surface area contributed by atoms with Crippen LogP contribution in [-0.4, -0.2) is 26.3 Å². The zero-order chi connectivity index (χ0) is 25.9. The van der Waals surface area contributed by atoms with Crippen molar-refractivity contribution in [2.75, 3.05) is 0 Å². The number of amides is 1. The van der Waals surface area contributed by atoms with Gasteiger partial charge in [-0.05, 0) is 54.7 Å². The Balaban J connectivity index is 2.17. The van der Waals surface area contributed by atoms with E-state index < -0.39 is 41.1 Å². The van der Waals surface area contributed by atoms with Crippen LogP contribution < -0.4 is 16.6 Å². The molecule has 3 rings (SSSR count). The summed E-state index contributed by atoms with van der Waals surface area (Å²) in [6.07, 6.45) is -3.99. The van der Waals surface area contributed by atoms with E-state index >= 15 is 0 Å². The van der Waals surface area contributed by atoms with Crippen molar-refractivity contribution in [1.82, 2.24) is 19.7 Å². The van der Waals surface area contributed by atoms with Crippen LogP contribution in [0.2, 0.25) is 0 Å². The fourth-order valence-electron chi connectivity index (χ4n) is 3.39. The van der Waals surface area contributed by atoms with Gasteiger partial charge in [0, 0.05) is 6.04 Å². The molecule has 0 fully saturated rings. The topological polar surface area (TPSA) is 86.0 Å². The summed E-state index contributed by atoms with van der Waals surface area (Å²) in [5, 5.41) is 6.69. The summed E-state index contributed by atoms with van der Waals surface area (Å²) in [4.78, 5) is 39.2. The molecule has 2 aromatic carbocycles. The molecule has 0 spiro atoms. The molecule has 1 aromatic heterocycles. The molecule has 0 unspecified atom stereocenters. The number of alkyl halides is 3. The summed E-state index contributed by atoms with van der Waals surface area (Å²) in [5.74, 6) is -0.532. The van der Waals surface area contributed by atoms with Gasteiger partial charge < -0.3 is 5.32 Å². The maximum absolute atomic E-state index is 13.3. The largest absolute Gasteiger partial charge is 0.416 e. The van der Waals surface area contributed by atoms with Crippen LogP contribution in [0, 0.1) is 0 Å². The lowest BCUT2D eigenvalue weighted by molar-refractivity contribution is -0.137. The maximum atomic E-state index is 13.3. The van der Waals surface area contributed by atoms with Crippen molar-refractivity contribution in [2.45, 2.75) is 58.8 Å². The zero-order valence-corrected chi connectivity index (χ0v) is 19.9. The second-order valence-corrected chi connectivity index (χ2v) is 8.66. The molecular weight excluding hydrogens is 461 g/mol. The Kier molecular flexibility index (Phi) is 7.62. The van der Waals surface area contributed by atoms with Gasteiger partial charge in [0.2, 0.25) is 5.69 Å². The van der Waals surface area contributed by atoms with Crippen LogP contribution in [0.15, 0.2) is 58.1 Å². The van der Waals surface area contributed by atoms with Crippen LogP contribution in [0.1, 0.15) is 67.2 Å². The van der Waals surface area contributed by atoms with E-state index in [9.17, 15) is 27.6 Å². The van der Waals surface area contributed by atoms with E-state index in [2.05, 4.69) is 10.4 Å². The van der Waals surface area contributed by atoms with Crippen molar-refractivity contribution in [2.24, 2.45) is 0 Å². The highest BCUT2D eigenvalue weighted by atomic mass is 19.4. The second-order valence-electron chi connectivity index (χ2n) is 8.66. The third-order valence-electron chi connectivity index (χ3n) is 5.66. The number of nitrogens with one attached hydrogen (secondary N) is 1. The predicted octanol–water partition coefficient (Wildman–Crippen LogP) is 4.11. The van der Waals surface area contributed by atoms with E-state index in [1.807, 2.05) is 20.8 Å². The van der Waals surface area contributed by atoms with Gasteiger partial charge in [-0.1, -0.05) is 45.0 Å². The van der Waals surface area contributed by atoms with Crippen LogP contribution >= 0.6 is 0 Å². The molecule has 0 radical (unpaired) electrons. The van der Waals surface area contributed by atoms with Gasteiger partial charge in [0.25, 0.3) is 11.5 Å². The smallest absolute Gasteiger partial charge is 0.348 e. The average Bonchev–Trinajstić information content (AvgIpc) is 2.81. The van der Waals surface area contributed by atoms with Gasteiger partial charge in [-0.2, -0.15) is 23.0 Å². The van der Waals surface area contributed by atoms with Crippen LogP contribution in [0.5, 0.6) is 0 Å². The molecule has 0 bridgehead atoms. The minimum absolute atomic E-state index is 0.0835. The predicted molar refractivity (Wildman–Crippen MR) is 126 cm³/mol. The summed E-state index contributed by atoms with van der Waals surface area (Å²) >= 11 is 0. The minimum Gasteiger partial charge on any atom is -0.348 e. The van der Waals surface area contributed by atoms with Gasteiger partial charge in [0.1, 0.15) is 0 Å². The molecular formula is C25H27F3N4O3. The highest BCUT2D eigenvalue weighted by molar-refractivity contribution is 5.91. The third-order valence-corrected chi connectivity index (χ3v) is 5.66. The van der Waals surface area contributed by atoms with E-state index in [4.69, 9.17) is 0 Å². The van der Waals surface area contributed by atoms with E-state index in [0.717, 1.165) is 26.9 Å². The van der Waals surface area contributed by atoms with Gasteiger partial charge in [0.05, 0.1) is 17.8 Å². The fourth-order valence-corrected chi connectivity index (χ4v) is 3.39. The van der Waals surface area contributed by atoms with Gasteiger partial charge in [-0.15, -0.1) is 0 Å². The molecule has 0 aliphatic rings. The van der Waals surface area contributed by atoms with Crippen LogP contribution in [-0.2, 0) is 12.7 Å². The van der Waals surface area contributed by atoms with Crippen molar-refractivity contribution in [1.29, 1.82) is 0 Å².